The molecule has 0 bridgehead atoms. The minimum atomic E-state index is -0.292. The molecule has 40 heavy (non-hydrogen) atoms. The molecule has 1 unspecified atom stereocenters. The minimum Gasteiger partial charge on any atom is -0.402 e. The van der Waals surface area contributed by atoms with Crippen molar-refractivity contribution in [3.05, 3.63) is 87.2 Å². The zero-order chi connectivity index (χ0) is 28.8. The van der Waals surface area contributed by atoms with Crippen LogP contribution in [0.5, 0.6) is 0 Å². The first-order valence-electron chi connectivity index (χ1n) is 13.8. The molecule has 10 heteroatoms. The molecule has 5 N–H and O–H groups in total. The third kappa shape index (κ3) is 7.27. The Hall–Kier alpha value is -3.27. The maximum atomic E-state index is 14.4. The van der Waals surface area contributed by atoms with Crippen LogP contribution in [0, 0.1) is 12.7 Å². The normalized spacial score (nSPS) is 17.9. The van der Waals surface area contributed by atoms with Crippen LogP contribution in [0.3, 0.4) is 0 Å². The van der Waals surface area contributed by atoms with E-state index < -0.39 is 0 Å². The molecule has 8 nitrogen and oxygen atoms in total. The highest BCUT2D eigenvalue weighted by molar-refractivity contribution is 6.31. The standard InChI is InChI=1S/C30H41ClFN7O/c1-20-26(32)9-8-25(31)29(20)21(2)39-11-10-35-30(34-3)27(39)17-23(33)18-28(40)36-24-7-5-6-22(16-24)19-38-14-12-37(4)13-15-38/h5-9,16-17,21,34-35H,10-15,18-19,33H2,1-4H3,(H,36,40)/b23-17-. The van der Waals surface area contributed by atoms with Gasteiger partial charge in [0.15, 0.2) is 0 Å². The van der Waals surface area contributed by atoms with Crippen molar-refractivity contribution in [1.29, 1.82) is 0 Å². The van der Waals surface area contributed by atoms with E-state index in [1.807, 2.05) is 32.2 Å². The monoisotopic (exact) mass is 569 g/mol. The number of likely N-dealkylation sites (N-methyl/N-ethyl adjacent to an activating group) is 1. The van der Waals surface area contributed by atoms with Crippen LogP contribution >= 0.6 is 11.6 Å². The summed E-state index contributed by atoms with van der Waals surface area (Å²) in [5, 5.41) is 10.0. The smallest absolute Gasteiger partial charge is 0.230 e. The summed E-state index contributed by atoms with van der Waals surface area (Å²) < 4.78 is 14.4. The van der Waals surface area contributed by atoms with E-state index in [4.69, 9.17) is 17.3 Å². The SMILES string of the molecule is CNC1=C(/C=C(\N)CC(=O)Nc2cccc(CN3CCN(C)CC3)c2)N(C(C)c2c(Cl)ccc(F)c2C)CCN1. The first kappa shape index (κ1) is 29.7. The first-order chi connectivity index (χ1) is 19.2. The number of carbonyl (C=O) groups excluding carboxylic acids is 1. The summed E-state index contributed by atoms with van der Waals surface area (Å²) >= 11 is 6.52. The molecule has 4 rings (SSSR count). The fourth-order valence-electron chi connectivity index (χ4n) is 5.40. The molecule has 0 aromatic heterocycles. The van der Waals surface area contributed by atoms with E-state index in [9.17, 15) is 9.18 Å². The molecule has 0 saturated carbocycles. The van der Waals surface area contributed by atoms with E-state index in [0.29, 0.717) is 29.4 Å². The molecule has 1 saturated heterocycles. The van der Waals surface area contributed by atoms with Gasteiger partial charge in [0.05, 0.1) is 18.2 Å². The maximum Gasteiger partial charge on any atom is 0.230 e. The van der Waals surface area contributed by atoms with Gasteiger partial charge in [-0.1, -0.05) is 23.7 Å². The molecule has 1 fully saturated rings. The van der Waals surface area contributed by atoms with E-state index in [-0.39, 0.29) is 24.2 Å². The summed E-state index contributed by atoms with van der Waals surface area (Å²) in [5.41, 5.74) is 10.8. The highest BCUT2D eigenvalue weighted by Gasteiger charge is 2.27. The Kier molecular flexibility index (Phi) is 9.95. The van der Waals surface area contributed by atoms with Crippen molar-refractivity contribution in [2.75, 3.05) is 58.7 Å². The van der Waals surface area contributed by atoms with Gasteiger partial charge >= 0.3 is 0 Å². The number of nitrogens with two attached hydrogens (primary N) is 1. The van der Waals surface area contributed by atoms with Crippen LogP contribution in [-0.2, 0) is 11.3 Å². The summed E-state index contributed by atoms with van der Waals surface area (Å²) in [5.74, 6) is 0.299. The molecule has 2 heterocycles. The lowest BCUT2D eigenvalue weighted by molar-refractivity contribution is -0.115. The number of anilines is 1. The first-order valence-corrected chi connectivity index (χ1v) is 14.2. The summed E-state index contributed by atoms with van der Waals surface area (Å²) in [7, 11) is 3.97. The number of hydrogen-bond acceptors (Lipinski definition) is 7. The summed E-state index contributed by atoms with van der Waals surface area (Å²) in [4.78, 5) is 19.8. The average Bonchev–Trinajstić information content (AvgIpc) is 2.92. The zero-order valence-electron chi connectivity index (χ0n) is 23.9. The topological polar surface area (TPSA) is 88.9 Å². The molecule has 2 aliphatic rings. The van der Waals surface area contributed by atoms with Crippen molar-refractivity contribution < 1.29 is 9.18 Å². The number of amides is 1. The van der Waals surface area contributed by atoms with Crippen molar-refractivity contribution in [3.63, 3.8) is 0 Å². The third-order valence-corrected chi connectivity index (χ3v) is 7.98. The predicted molar refractivity (Wildman–Crippen MR) is 160 cm³/mol. The zero-order valence-corrected chi connectivity index (χ0v) is 24.6. The van der Waals surface area contributed by atoms with Gasteiger partial charge in [0, 0.05) is 69.3 Å². The van der Waals surface area contributed by atoms with Gasteiger partial charge < -0.3 is 31.5 Å². The number of nitrogens with zero attached hydrogens (tertiary/aromatic N) is 3. The lowest BCUT2D eigenvalue weighted by atomic mass is 9.99. The molecule has 0 spiro atoms. The van der Waals surface area contributed by atoms with Gasteiger partial charge in [-0.3, -0.25) is 9.69 Å². The molecule has 0 radical (unpaired) electrons. The second-order valence-corrected chi connectivity index (χ2v) is 11.0. The molecule has 216 valence electrons. The highest BCUT2D eigenvalue weighted by Crippen LogP contribution is 2.35. The number of halogens is 2. The predicted octanol–water partition coefficient (Wildman–Crippen LogP) is 3.76. The summed E-state index contributed by atoms with van der Waals surface area (Å²) in [6.07, 6.45) is 1.84. The molecular weight excluding hydrogens is 529 g/mol. The van der Waals surface area contributed by atoms with Gasteiger partial charge in [-0.2, -0.15) is 0 Å². The molecule has 1 amide bonds. The van der Waals surface area contributed by atoms with Crippen molar-refractivity contribution in [2.24, 2.45) is 5.73 Å². The molecule has 0 aliphatic carbocycles. The van der Waals surface area contributed by atoms with E-state index >= 15 is 0 Å². The second kappa shape index (κ2) is 13.4. The Bertz CT molecular complexity index is 1270. The maximum absolute atomic E-state index is 14.4. The summed E-state index contributed by atoms with van der Waals surface area (Å²) in [6.45, 7) is 10.1. The average molecular weight is 570 g/mol. The molecule has 2 aliphatic heterocycles. The third-order valence-electron chi connectivity index (χ3n) is 7.65. The molecule has 1 atom stereocenters. The number of piperazine rings is 1. The van der Waals surface area contributed by atoms with Crippen molar-refractivity contribution in [2.45, 2.75) is 32.9 Å². The molecular formula is C30H41ClFN7O. The largest absolute Gasteiger partial charge is 0.402 e. The number of allylic oxidation sites excluding steroid dienone is 1. The number of benzene rings is 2. The van der Waals surface area contributed by atoms with Gasteiger partial charge in [0.2, 0.25) is 5.91 Å². The fraction of sp³-hybridized carbons (Fsp3) is 0.433. The van der Waals surface area contributed by atoms with Crippen molar-refractivity contribution in [1.82, 2.24) is 25.3 Å². The van der Waals surface area contributed by atoms with Crippen LogP contribution in [0.4, 0.5) is 10.1 Å². The van der Waals surface area contributed by atoms with E-state index in [2.05, 4.69) is 43.8 Å². The quantitative estimate of drug-likeness (QED) is 0.366. The Labute approximate surface area is 242 Å². The Morgan fingerprint density at radius 3 is 2.67 bits per heavy atom. The molecule has 2 aromatic carbocycles. The Balaban J connectivity index is 1.46. The van der Waals surface area contributed by atoms with Crippen molar-refractivity contribution >= 4 is 23.2 Å². The summed E-state index contributed by atoms with van der Waals surface area (Å²) in [6, 6.07) is 10.7. The molecule has 2 aromatic rings. The fourth-order valence-corrected chi connectivity index (χ4v) is 5.76. The number of hydrogen-bond donors (Lipinski definition) is 4. The highest BCUT2D eigenvalue weighted by atomic mass is 35.5. The van der Waals surface area contributed by atoms with Crippen LogP contribution in [0.25, 0.3) is 0 Å². The van der Waals surface area contributed by atoms with Gasteiger partial charge in [-0.25, -0.2) is 4.39 Å². The van der Waals surface area contributed by atoms with Crippen LogP contribution in [-0.4, -0.2) is 74.0 Å². The van der Waals surface area contributed by atoms with Crippen LogP contribution < -0.4 is 21.7 Å². The second-order valence-electron chi connectivity index (χ2n) is 10.6. The van der Waals surface area contributed by atoms with Gasteiger partial charge in [0.25, 0.3) is 0 Å². The number of rotatable bonds is 9. The van der Waals surface area contributed by atoms with E-state index in [1.165, 1.54) is 11.6 Å². The Morgan fingerprint density at radius 2 is 1.95 bits per heavy atom. The van der Waals surface area contributed by atoms with E-state index in [1.54, 1.807) is 19.1 Å². The number of nitrogens with one attached hydrogen (secondary N) is 3. The van der Waals surface area contributed by atoms with Crippen LogP contribution in [0.15, 0.2) is 59.7 Å². The lowest BCUT2D eigenvalue weighted by Gasteiger charge is -2.38. The van der Waals surface area contributed by atoms with Crippen molar-refractivity contribution in [3.8, 4) is 0 Å². The minimum absolute atomic E-state index is 0.0329. The van der Waals surface area contributed by atoms with Crippen LogP contribution in [0.1, 0.15) is 36.1 Å². The van der Waals surface area contributed by atoms with E-state index in [0.717, 1.165) is 55.5 Å². The Morgan fingerprint density at radius 1 is 1.20 bits per heavy atom. The van der Waals surface area contributed by atoms with Gasteiger partial charge in [-0.15, -0.1) is 0 Å². The van der Waals surface area contributed by atoms with Crippen LogP contribution in [0.2, 0.25) is 5.02 Å². The number of carbonyl (C=O) groups is 1. The lowest BCUT2D eigenvalue weighted by Crippen LogP contribution is -2.43. The van der Waals surface area contributed by atoms with Gasteiger partial charge in [0.1, 0.15) is 11.6 Å². The van der Waals surface area contributed by atoms with Gasteiger partial charge in [-0.05, 0) is 67.9 Å².